The van der Waals surface area contributed by atoms with E-state index in [1.165, 1.54) is 6.92 Å². The van der Waals surface area contributed by atoms with Crippen LogP contribution in [0.4, 0.5) is 0 Å². The van der Waals surface area contributed by atoms with Gasteiger partial charge in [0.1, 0.15) is 0 Å². The number of Topliss-reactive ketones (excluding diaryl/α,β-unsaturated/α-hetero) is 1. The summed E-state index contributed by atoms with van der Waals surface area (Å²) in [6.07, 6.45) is 0. The summed E-state index contributed by atoms with van der Waals surface area (Å²) in [4.78, 5) is 10.9. The normalized spacial score (nSPS) is 9.55. The van der Waals surface area contributed by atoms with Crippen LogP contribution in [0.5, 0.6) is 5.75 Å². The van der Waals surface area contributed by atoms with E-state index in [4.69, 9.17) is 0 Å². The van der Waals surface area contributed by atoms with E-state index in [0.29, 0.717) is 5.56 Å². The Kier molecular flexibility index (Phi) is 2.60. The molecule has 0 aromatic heterocycles. The van der Waals surface area contributed by atoms with Crippen LogP contribution in [0.2, 0.25) is 0 Å². The van der Waals surface area contributed by atoms with Crippen molar-refractivity contribution in [1.82, 2.24) is 0 Å². The molecule has 54 valence electrons. The number of ketones is 1. The third-order valence-electron chi connectivity index (χ3n) is 1.46. The Morgan fingerprint density at radius 2 is 2.18 bits per heavy atom. The van der Waals surface area contributed by atoms with Gasteiger partial charge < -0.3 is 0 Å². The molecule has 1 N–H and O–H groups in total. The van der Waals surface area contributed by atoms with E-state index < -0.39 is 0 Å². The molecule has 0 aliphatic carbocycles. The van der Waals surface area contributed by atoms with Crippen molar-refractivity contribution in [3.05, 3.63) is 23.8 Å². The molecule has 1 rings (SSSR count). The third-order valence-corrected chi connectivity index (χ3v) is 3.19. The Morgan fingerprint density at radius 1 is 1.55 bits per heavy atom. The molecule has 2 nitrogen and oxygen atoms in total. The summed E-state index contributed by atoms with van der Waals surface area (Å²) in [6, 6.07) is 5.03. The fraction of sp³-hybridized carbons (Fsp3) is 0.125. The minimum absolute atomic E-state index is 0.0171. The third kappa shape index (κ3) is 1.77. The maximum absolute atomic E-state index is 10.9. The molecule has 0 aliphatic rings. The van der Waals surface area contributed by atoms with E-state index in [9.17, 15) is 9.90 Å². The number of phenolic OH excluding ortho intramolecular Hbond substituents is 1. The van der Waals surface area contributed by atoms with Gasteiger partial charge in [-0.15, -0.1) is 0 Å². The van der Waals surface area contributed by atoms with Crippen LogP contribution in [0.25, 0.3) is 0 Å². The van der Waals surface area contributed by atoms with E-state index in [1.54, 1.807) is 18.2 Å². The molecule has 2 radical (unpaired) electrons. The predicted molar refractivity (Wildman–Crippen MR) is 43.5 cm³/mol. The molecule has 0 saturated heterocycles. The second kappa shape index (κ2) is 3.30. The van der Waals surface area contributed by atoms with Crippen LogP contribution >= 0.6 is 0 Å². The van der Waals surface area contributed by atoms with Crippen LogP contribution in [0.1, 0.15) is 17.3 Å². The van der Waals surface area contributed by atoms with Gasteiger partial charge in [-0.25, -0.2) is 0 Å². The number of hydrogen-bond donors (Lipinski definition) is 1. The summed E-state index contributed by atoms with van der Waals surface area (Å²) in [5, 5.41) is 9.23. The first-order valence-corrected chi connectivity index (χ1v) is 4.86. The first-order valence-electron chi connectivity index (χ1n) is 3.21. The van der Waals surface area contributed by atoms with Crippen molar-refractivity contribution in [1.29, 1.82) is 0 Å². The van der Waals surface area contributed by atoms with E-state index in [2.05, 4.69) is 0 Å². The Labute approximate surface area is 79.8 Å². The second-order valence-corrected chi connectivity index (χ2v) is 3.94. The summed E-state index contributed by atoms with van der Waals surface area (Å²) >= 11 is 0.770. The quantitative estimate of drug-likeness (QED) is 0.732. The molecule has 1 aromatic carbocycles. The van der Waals surface area contributed by atoms with Crippen molar-refractivity contribution >= 4 is 33.5 Å². The Morgan fingerprint density at radius 3 is 2.64 bits per heavy atom. The number of rotatable bonds is 1. The van der Waals surface area contributed by atoms with Gasteiger partial charge in [-0.05, 0) is 0 Å². The zero-order valence-corrected chi connectivity index (χ0v) is 9.46. The number of benzene rings is 1. The molecular formula is C8H7InO2. The van der Waals surface area contributed by atoms with Crippen LogP contribution in [0.3, 0.4) is 0 Å². The van der Waals surface area contributed by atoms with Gasteiger partial charge in [0.15, 0.2) is 0 Å². The van der Waals surface area contributed by atoms with E-state index in [1.807, 2.05) is 0 Å². The maximum atomic E-state index is 10.9. The number of phenols is 1. The minimum atomic E-state index is 0.0171. The van der Waals surface area contributed by atoms with Crippen molar-refractivity contribution in [2.24, 2.45) is 0 Å². The molecule has 0 bridgehead atoms. The monoisotopic (exact) mass is 250 g/mol. The van der Waals surface area contributed by atoms with E-state index in [0.717, 1.165) is 27.7 Å². The molecular weight excluding hydrogens is 243 g/mol. The van der Waals surface area contributed by atoms with Crippen molar-refractivity contribution < 1.29 is 9.90 Å². The molecule has 11 heavy (non-hydrogen) atoms. The molecule has 0 unspecified atom stereocenters. The first-order chi connectivity index (χ1) is 5.13. The Balaban J connectivity index is 3.27. The van der Waals surface area contributed by atoms with Crippen LogP contribution < -0.4 is 3.32 Å². The van der Waals surface area contributed by atoms with Crippen molar-refractivity contribution in [3.63, 3.8) is 0 Å². The summed E-state index contributed by atoms with van der Waals surface area (Å²) in [6.45, 7) is 1.51. The molecule has 0 spiro atoms. The predicted octanol–water partition coefficient (Wildman–Crippen LogP) is 0.389. The summed E-state index contributed by atoms with van der Waals surface area (Å²) in [5.74, 6) is 0.253. The zero-order valence-electron chi connectivity index (χ0n) is 6.16. The van der Waals surface area contributed by atoms with E-state index in [-0.39, 0.29) is 11.5 Å². The van der Waals surface area contributed by atoms with Crippen LogP contribution in [0.15, 0.2) is 18.2 Å². The Bertz CT molecular complexity index is 294. The number of carbonyl (C=O) groups excluding carboxylic acids is 1. The van der Waals surface area contributed by atoms with Gasteiger partial charge in [0.25, 0.3) is 0 Å². The topological polar surface area (TPSA) is 37.3 Å². The molecule has 0 heterocycles. The zero-order chi connectivity index (χ0) is 8.43. The molecule has 0 atom stereocenters. The van der Waals surface area contributed by atoms with Crippen LogP contribution in [0, 0.1) is 0 Å². The van der Waals surface area contributed by atoms with Crippen molar-refractivity contribution in [3.8, 4) is 5.75 Å². The summed E-state index contributed by atoms with van der Waals surface area (Å²) < 4.78 is 0.783. The summed E-state index contributed by atoms with van der Waals surface area (Å²) in [5.41, 5.74) is 0.646. The SMILES string of the molecule is CC(=O)c1cccc(O)[c]1[In]. The molecule has 0 amide bonds. The molecule has 0 fully saturated rings. The second-order valence-electron chi connectivity index (χ2n) is 2.29. The first kappa shape index (κ1) is 8.65. The molecule has 3 heteroatoms. The van der Waals surface area contributed by atoms with Crippen LogP contribution in [-0.2, 0) is 0 Å². The molecule has 1 aromatic rings. The molecule has 0 aliphatic heterocycles. The van der Waals surface area contributed by atoms with Gasteiger partial charge in [-0.1, -0.05) is 0 Å². The standard InChI is InChI=1S/C8H7O2.In/c1-6(9)7-3-2-4-8(10)5-7;/h2-4,10H,1H3;. The fourth-order valence-electron chi connectivity index (χ4n) is 0.860. The van der Waals surface area contributed by atoms with Gasteiger partial charge in [0.05, 0.1) is 0 Å². The number of carbonyl (C=O) groups is 1. The van der Waals surface area contributed by atoms with Gasteiger partial charge in [-0.3, -0.25) is 0 Å². The van der Waals surface area contributed by atoms with Gasteiger partial charge in [0, 0.05) is 0 Å². The van der Waals surface area contributed by atoms with Gasteiger partial charge >= 0.3 is 79.8 Å². The van der Waals surface area contributed by atoms with Crippen molar-refractivity contribution in [2.45, 2.75) is 6.92 Å². The summed E-state index contributed by atoms with van der Waals surface area (Å²) in [7, 11) is 0. The number of aromatic hydroxyl groups is 1. The van der Waals surface area contributed by atoms with Gasteiger partial charge in [-0.2, -0.15) is 0 Å². The average molecular weight is 250 g/mol. The Hall–Kier alpha value is -0.440. The van der Waals surface area contributed by atoms with Crippen LogP contribution in [-0.4, -0.2) is 35.3 Å². The molecule has 0 saturated carbocycles. The van der Waals surface area contributed by atoms with Crippen molar-refractivity contribution in [2.75, 3.05) is 0 Å². The number of hydrogen-bond acceptors (Lipinski definition) is 2. The fourth-order valence-corrected chi connectivity index (χ4v) is 1.99. The van der Waals surface area contributed by atoms with Gasteiger partial charge in [0.2, 0.25) is 0 Å². The van der Waals surface area contributed by atoms with E-state index >= 15 is 0 Å². The average Bonchev–Trinajstić information content (AvgIpc) is 1.94.